The summed E-state index contributed by atoms with van der Waals surface area (Å²) in [6.45, 7) is 5.07. The van der Waals surface area contributed by atoms with Crippen LogP contribution in [0, 0.1) is 13.8 Å². The Kier molecular flexibility index (Phi) is 3.13. The van der Waals surface area contributed by atoms with Gasteiger partial charge >= 0.3 is 6.01 Å². The minimum atomic E-state index is -0.0431. The summed E-state index contributed by atoms with van der Waals surface area (Å²) in [7, 11) is 0. The summed E-state index contributed by atoms with van der Waals surface area (Å²) in [5.41, 5.74) is 3.27. The SMILES string of the molecule is CC(=O)c1c(C)nc(Nc2nc3ccccc3o2)nc1C. The highest BCUT2D eigenvalue weighted by molar-refractivity contribution is 5.96. The number of hydrogen-bond acceptors (Lipinski definition) is 6. The summed E-state index contributed by atoms with van der Waals surface area (Å²) in [6.07, 6.45) is 0. The molecule has 6 nitrogen and oxygen atoms in total. The Labute approximate surface area is 121 Å². The minimum Gasteiger partial charge on any atom is -0.423 e. The van der Waals surface area contributed by atoms with Crippen LogP contribution in [0.25, 0.3) is 11.1 Å². The third kappa shape index (κ3) is 2.47. The average molecular weight is 282 g/mol. The van der Waals surface area contributed by atoms with Crippen molar-refractivity contribution in [3.63, 3.8) is 0 Å². The first kappa shape index (κ1) is 13.2. The number of nitrogens with zero attached hydrogens (tertiary/aromatic N) is 3. The number of para-hydroxylation sites is 2. The molecule has 1 N–H and O–H groups in total. The highest BCUT2D eigenvalue weighted by atomic mass is 16.4. The quantitative estimate of drug-likeness (QED) is 0.743. The van der Waals surface area contributed by atoms with Gasteiger partial charge in [-0.15, -0.1) is 0 Å². The molecule has 106 valence electrons. The van der Waals surface area contributed by atoms with E-state index >= 15 is 0 Å². The fourth-order valence-corrected chi connectivity index (χ4v) is 2.30. The molecule has 21 heavy (non-hydrogen) atoms. The van der Waals surface area contributed by atoms with Gasteiger partial charge in [0.2, 0.25) is 5.95 Å². The molecule has 3 aromatic rings. The Hall–Kier alpha value is -2.76. The second kappa shape index (κ2) is 4.97. The van der Waals surface area contributed by atoms with Gasteiger partial charge in [-0.05, 0) is 32.9 Å². The van der Waals surface area contributed by atoms with Crippen molar-refractivity contribution in [3.05, 3.63) is 41.2 Å². The number of rotatable bonds is 3. The highest BCUT2D eigenvalue weighted by Crippen LogP contribution is 2.21. The third-order valence-corrected chi connectivity index (χ3v) is 3.14. The maximum absolute atomic E-state index is 11.5. The maximum atomic E-state index is 11.5. The lowest BCUT2D eigenvalue weighted by Crippen LogP contribution is -2.08. The predicted octanol–water partition coefficient (Wildman–Crippen LogP) is 3.18. The third-order valence-electron chi connectivity index (χ3n) is 3.14. The van der Waals surface area contributed by atoms with E-state index in [0.717, 1.165) is 5.52 Å². The van der Waals surface area contributed by atoms with E-state index in [1.807, 2.05) is 24.3 Å². The van der Waals surface area contributed by atoms with Gasteiger partial charge in [-0.25, -0.2) is 9.97 Å². The molecule has 2 aromatic heterocycles. The molecular formula is C15H14N4O2. The van der Waals surface area contributed by atoms with E-state index < -0.39 is 0 Å². The summed E-state index contributed by atoms with van der Waals surface area (Å²) in [4.78, 5) is 24.4. The topological polar surface area (TPSA) is 80.9 Å². The normalized spacial score (nSPS) is 10.8. The molecule has 0 fully saturated rings. The molecule has 0 bridgehead atoms. The van der Waals surface area contributed by atoms with Gasteiger partial charge in [-0.3, -0.25) is 10.1 Å². The number of nitrogens with one attached hydrogen (secondary N) is 1. The van der Waals surface area contributed by atoms with Crippen LogP contribution in [-0.2, 0) is 0 Å². The molecule has 0 saturated heterocycles. The first-order valence-electron chi connectivity index (χ1n) is 6.53. The standard InChI is InChI=1S/C15H14N4O2/c1-8-13(10(3)20)9(2)17-14(16-8)19-15-18-11-6-4-5-7-12(11)21-15/h4-7H,1-3H3,(H,16,17,18,19). The zero-order valence-electron chi connectivity index (χ0n) is 12.0. The van der Waals surface area contributed by atoms with E-state index in [0.29, 0.717) is 34.5 Å². The second-order valence-electron chi connectivity index (χ2n) is 4.76. The van der Waals surface area contributed by atoms with Crippen molar-refractivity contribution in [2.75, 3.05) is 5.32 Å². The molecule has 1 aromatic carbocycles. The first-order chi connectivity index (χ1) is 10.0. The van der Waals surface area contributed by atoms with Crippen LogP contribution in [0.1, 0.15) is 28.7 Å². The van der Waals surface area contributed by atoms with Crippen molar-refractivity contribution in [2.45, 2.75) is 20.8 Å². The van der Waals surface area contributed by atoms with E-state index in [-0.39, 0.29) is 5.78 Å². The number of fused-ring (bicyclic) bond motifs is 1. The molecule has 3 rings (SSSR count). The zero-order valence-corrected chi connectivity index (χ0v) is 12.0. The van der Waals surface area contributed by atoms with Gasteiger partial charge in [0, 0.05) is 0 Å². The lowest BCUT2D eigenvalue weighted by Gasteiger charge is -2.07. The maximum Gasteiger partial charge on any atom is 0.302 e. The molecule has 0 radical (unpaired) electrons. The van der Waals surface area contributed by atoms with Crippen LogP contribution in [-0.4, -0.2) is 20.7 Å². The molecule has 0 saturated carbocycles. The van der Waals surface area contributed by atoms with E-state index in [4.69, 9.17) is 4.42 Å². The monoisotopic (exact) mass is 282 g/mol. The number of oxazole rings is 1. The lowest BCUT2D eigenvalue weighted by molar-refractivity contribution is 0.101. The van der Waals surface area contributed by atoms with Gasteiger partial charge in [-0.2, -0.15) is 4.98 Å². The molecule has 2 heterocycles. The van der Waals surface area contributed by atoms with Gasteiger partial charge in [-0.1, -0.05) is 12.1 Å². The lowest BCUT2D eigenvalue weighted by atomic mass is 10.1. The van der Waals surface area contributed by atoms with Crippen LogP contribution in [0.3, 0.4) is 0 Å². The zero-order chi connectivity index (χ0) is 15.0. The van der Waals surface area contributed by atoms with E-state index in [1.54, 1.807) is 13.8 Å². The largest absolute Gasteiger partial charge is 0.423 e. The Morgan fingerprint density at radius 3 is 2.38 bits per heavy atom. The molecular weight excluding hydrogens is 268 g/mol. The van der Waals surface area contributed by atoms with Gasteiger partial charge in [0.1, 0.15) is 5.52 Å². The summed E-state index contributed by atoms with van der Waals surface area (Å²) in [6, 6.07) is 7.79. The number of ketones is 1. The van der Waals surface area contributed by atoms with Crippen molar-refractivity contribution in [2.24, 2.45) is 0 Å². The molecule has 0 amide bonds. The smallest absolute Gasteiger partial charge is 0.302 e. The van der Waals surface area contributed by atoms with E-state index in [1.165, 1.54) is 6.92 Å². The van der Waals surface area contributed by atoms with E-state index in [2.05, 4.69) is 20.3 Å². The Morgan fingerprint density at radius 1 is 1.10 bits per heavy atom. The predicted molar refractivity (Wildman–Crippen MR) is 78.8 cm³/mol. The number of hydrogen-bond donors (Lipinski definition) is 1. The van der Waals surface area contributed by atoms with E-state index in [9.17, 15) is 4.79 Å². The Balaban J connectivity index is 1.96. The molecule has 0 aliphatic carbocycles. The fraction of sp³-hybridized carbons (Fsp3) is 0.200. The average Bonchev–Trinajstić information content (AvgIpc) is 2.79. The van der Waals surface area contributed by atoms with Crippen LogP contribution in [0.15, 0.2) is 28.7 Å². The highest BCUT2D eigenvalue weighted by Gasteiger charge is 2.13. The summed E-state index contributed by atoms with van der Waals surface area (Å²) in [5, 5.41) is 2.93. The molecule has 0 spiro atoms. The van der Waals surface area contributed by atoms with Crippen LogP contribution in [0.4, 0.5) is 12.0 Å². The molecule has 6 heteroatoms. The van der Waals surface area contributed by atoms with Gasteiger partial charge in [0.15, 0.2) is 11.4 Å². The Bertz CT molecular complexity index is 783. The van der Waals surface area contributed by atoms with Gasteiger partial charge in [0.05, 0.1) is 17.0 Å². The number of aromatic nitrogens is 3. The van der Waals surface area contributed by atoms with Gasteiger partial charge in [0.25, 0.3) is 0 Å². The van der Waals surface area contributed by atoms with Crippen molar-refractivity contribution in [1.29, 1.82) is 0 Å². The first-order valence-corrected chi connectivity index (χ1v) is 6.53. The molecule has 0 aliphatic rings. The number of carbonyl (C=O) groups is 1. The van der Waals surface area contributed by atoms with Crippen LogP contribution >= 0.6 is 0 Å². The van der Waals surface area contributed by atoms with Crippen molar-refractivity contribution in [1.82, 2.24) is 15.0 Å². The van der Waals surface area contributed by atoms with Crippen LogP contribution in [0.2, 0.25) is 0 Å². The number of Topliss-reactive ketones (excluding diaryl/α,β-unsaturated/α-hetero) is 1. The summed E-state index contributed by atoms with van der Waals surface area (Å²) >= 11 is 0. The number of aryl methyl sites for hydroxylation is 2. The second-order valence-corrected chi connectivity index (χ2v) is 4.76. The Morgan fingerprint density at radius 2 is 1.76 bits per heavy atom. The summed E-state index contributed by atoms with van der Waals surface area (Å²) in [5.74, 6) is 0.319. The molecule has 0 atom stereocenters. The summed E-state index contributed by atoms with van der Waals surface area (Å²) < 4.78 is 5.56. The van der Waals surface area contributed by atoms with Gasteiger partial charge < -0.3 is 4.42 Å². The minimum absolute atomic E-state index is 0.0431. The molecule has 0 aliphatic heterocycles. The number of benzene rings is 1. The fourth-order valence-electron chi connectivity index (χ4n) is 2.30. The van der Waals surface area contributed by atoms with Crippen molar-refractivity contribution >= 4 is 28.8 Å². The van der Waals surface area contributed by atoms with Crippen molar-refractivity contribution in [3.8, 4) is 0 Å². The number of carbonyl (C=O) groups excluding carboxylic acids is 1. The van der Waals surface area contributed by atoms with Crippen LogP contribution < -0.4 is 5.32 Å². The van der Waals surface area contributed by atoms with Crippen LogP contribution in [0.5, 0.6) is 0 Å². The van der Waals surface area contributed by atoms with Crippen molar-refractivity contribution < 1.29 is 9.21 Å². The molecule has 0 unspecified atom stereocenters. The number of anilines is 2.